The van der Waals surface area contributed by atoms with Gasteiger partial charge in [-0.2, -0.15) is 0 Å². The average Bonchev–Trinajstić information content (AvgIpc) is 2.44. The van der Waals surface area contributed by atoms with E-state index in [0.29, 0.717) is 24.0 Å². The molecule has 2 aromatic rings. The number of anilines is 1. The maximum atomic E-state index is 13.9. The Morgan fingerprint density at radius 1 is 1.14 bits per heavy atom. The van der Waals surface area contributed by atoms with Crippen LogP contribution in [-0.2, 0) is 6.42 Å². The Bertz CT molecular complexity index is 606. The molecule has 1 N–H and O–H groups in total. The molecule has 0 radical (unpaired) electrons. The molecule has 0 fully saturated rings. The van der Waals surface area contributed by atoms with Gasteiger partial charge in [-0.1, -0.05) is 38.1 Å². The molecular formula is C17H22FN3. The fraction of sp³-hybridized carbons (Fsp3) is 0.412. The Morgan fingerprint density at radius 3 is 2.38 bits per heavy atom. The molecule has 0 saturated carbocycles. The molecule has 1 aromatic heterocycles. The van der Waals surface area contributed by atoms with Gasteiger partial charge in [0, 0.05) is 12.1 Å². The fourth-order valence-corrected chi connectivity index (χ4v) is 2.23. The summed E-state index contributed by atoms with van der Waals surface area (Å²) < 4.78 is 13.9. The van der Waals surface area contributed by atoms with Crippen molar-refractivity contribution in [2.24, 2.45) is 5.92 Å². The summed E-state index contributed by atoms with van der Waals surface area (Å²) in [7, 11) is 0. The fourth-order valence-electron chi connectivity index (χ4n) is 2.23. The van der Waals surface area contributed by atoms with Crippen molar-refractivity contribution >= 4 is 5.82 Å². The van der Waals surface area contributed by atoms with Gasteiger partial charge in [-0.05, 0) is 31.7 Å². The van der Waals surface area contributed by atoms with Gasteiger partial charge in [0.05, 0.1) is 5.69 Å². The second-order valence-corrected chi connectivity index (χ2v) is 5.62. The standard InChI is InChI=1S/C17H22FN3/c1-5-19-17-15(18)12(4)20-16(21-17)14-8-6-13(7-9-14)10-11(2)3/h6-9,11H,5,10H2,1-4H3,(H,19,20,21). The van der Waals surface area contributed by atoms with Gasteiger partial charge in [0.25, 0.3) is 0 Å². The third-order valence-corrected chi connectivity index (χ3v) is 3.22. The van der Waals surface area contributed by atoms with Crippen molar-refractivity contribution in [3.8, 4) is 11.4 Å². The van der Waals surface area contributed by atoms with Gasteiger partial charge < -0.3 is 5.32 Å². The monoisotopic (exact) mass is 287 g/mol. The Hall–Kier alpha value is -1.97. The molecule has 112 valence electrons. The van der Waals surface area contributed by atoms with Crippen LogP contribution in [0.5, 0.6) is 0 Å². The van der Waals surface area contributed by atoms with E-state index in [1.807, 2.05) is 19.1 Å². The normalized spacial score (nSPS) is 11.0. The molecule has 0 spiro atoms. The van der Waals surface area contributed by atoms with Crippen LogP contribution in [0.4, 0.5) is 10.2 Å². The van der Waals surface area contributed by atoms with Crippen LogP contribution in [0.1, 0.15) is 32.0 Å². The molecule has 0 atom stereocenters. The molecule has 3 nitrogen and oxygen atoms in total. The van der Waals surface area contributed by atoms with Crippen molar-refractivity contribution in [3.05, 3.63) is 41.3 Å². The summed E-state index contributed by atoms with van der Waals surface area (Å²) in [5.41, 5.74) is 2.56. The number of nitrogens with zero attached hydrogens (tertiary/aromatic N) is 2. The molecule has 0 unspecified atom stereocenters. The van der Waals surface area contributed by atoms with Crippen molar-refractivity contribution in [2.45, 2.75) is 34.1 Å². The van der Waals surface area contributed by atoms with Crippen molar-refractivity contribution in [1.82, 2.24) is 9.97 Å². The minimum absolute atomic E-state index is 0.270. The summed E-state index contributed by atoms with van der Waals surface area (Å²) in [5, 5.41) is 2.94. The van der Waals surface area contributed by atoms with Crippen LogP contribution < -0.4 is 5.32 Å². The first-order valence-corrected chi connectivity index (χ1v) is 7.38. The maximum Gasteiger partial charge on any atom is 0.186 e. The number of aryl methyl sites for hydroxylation is 1. The highest BCUT2D eigenvalue weighted by Crippen LogP contribution is 2.22. The largest absolute Gasteiger partial charge is 0.368 e. The van der Waals surface area contributed by atoms with Crippen molar-refractivity contribution < 1.29 is 4.39 Å². The van der Waals surface area contributed by atoms with E-state index in [1.165, 1.54) is 5.56 Å². The first-order valence-electron chi connectivity index (χ1n) is 7.38. The predicted octanol–water partition coefficient (Wildman–Crippen LogP) is 4.22. The molecule has 1 aromatic carbocycles. The number of hydrogen-bond donors (Lipinski definition) is 1. The Kier molecular flexibility index (Phi) is 4.89. The van der Waals surface area contributed by atoms with E-state index in [9.17, 15) is 4.39 Å². The highest BCUT2D eigenvalue weighted by molar-refractivity contribution is 5.58. The van der Waals surface area contributed by atoms with E-state index >= 15 is 0 Å². The first kappa shape index (κ1) is 15.4. The van der Waals surface area contributed by atoms with Gasteiger partial charge in [0.1, 0.15) is 0 Å². The summed E-state index contributed by atoms with van der Waals surface area (Å²) in [6.45, 7) is 8.60. The van der Waals surface area contributed by atoms with Gasteiger partial charge >= 0.3 is 0 Å². The summed E-state index contributed by atoms with van der Waals surface area (Å²) in [6, 6.07) is 8.18. The van der Waals surface area contributed by atoms with Gasteiger partial charge in [0.2, 0.25) is 0 Å². The summed E-state index contributed by atoms with van der Waals surface area (Å²) in [5.74, 6) is 1.07. The molecule has 0 aliphatic carbocycles. The summed E-state index contributed by atoms with van der Waals surface area (Å²) >= 11 is 0. The van der Waals surface area contributed by atoms with E-state index < -0.39 is 0 Å². The molecule has 0 aliphatic heterocycles. The Morgan fingerprint density at radius 2 is 1.81 bits per heavy atom. The van der Waals surface area contributed by atoms with Crippen LogP contribution in [-0.4, -0.2) is 16.5 Å². The van der Waals surface area contributed by atoms with E-state index in [1.54, 1.807) is 6.92 Å². The second kappa shape index (κ2) is 6.66. The number of aromatic nitrogens is 2. The second-order valence-electron chi connectivity index (χ2n) is 5.62. The van der Waals surface area contributed by atoms with Crippen molar-refractivity contribution in [3.63, 3.8) is 0 Å². The lowest BCUT2D eigenvalue weighted by atomic mass is 10.0. The van der Waals surface area contributed by atoms with Crippen LogP contribution in [0, 0.1) is 18.7 Å². The van der Waals surface area contributed by atoms with Gasteiger partial charge in [0.15, 0.2) is 17.5 Å². The molecule has 2 rings (SSSR count). The zero-order valence-corrected chi connectivity index (χ0v) is 13.1. The van der Waals surface area contributed by atoms with Crippen LogP contribution in [0.25, 0.3) is 11.4 Å². The summed E-state index contributed by atoms with van der Waals surface area (Å²) in [4.78, 5) is 8.54. The van der Waals surface area contributed by atoms with Crippen molar-refractivity contribution in [2.75, 3.05) is 11.9 Å². The maximum absolute atomic E-state index is 13.9. The van der Waals surface area contributed by atoms with E-state index in [4.69, 9.17) is 0 Å². The highest BCUT2D eigenvalue weighted by Gasteiger charge is 2.12. The highest BCUT2D eigenvalue weighted by atomic mass is 19.1. The Balaban J connectivity index is 2.33. The molecule has 0 bridgehead atoms. The number of hydrogen-bond acceptors (Lipinski definition) is 3. The molecule has 0 amide bonds. The molecular weight excluding hydrogens is 265 g/mol. The van der Waals surface area contributed by atoms with Crippen LogP contribution in [0.3, 0.4) is 0 Å². The van der Waals surface area contributed by atoms with Crippen molar-refractivity contribution in [1.29, 1.82) is 0 Å². The van der Waals surface area contributed by atoms with E-state index in [0.717, 1.165) is 12.0 Å². The van der Waals surface area contributed by atoms with Gasteiger partial charge in [-0.3, -0.25) is 0 Å². The molecule has 21 heavy (non-hydrogen) atoms. The number of halogens is 1. The molecule has 0 aliphatic rings. The third-order valence-electron chi connectivity index (χ3n) is 3.22. The molecule has 1 heterocycles. The topological polar surface area (TPSA) is 37.8 Å². The van der Waals surface area contributed by atoms with Gasteiger partial charge in [-0.25, -0.2) is 14.4 Å². The zero-order chi connectivity index (χ0) is 15.4. The average molecular weight is 287 g/mol. The predicted molar refractivity (Wildman–Crippen MR) is 84.9 cm³/mol. The third kappa shape index (κ3) is 3.78. The van der Waals surface area contributed by atoms with Gasteiger partial charge in [-0.15, -0.1) is 0 Å². The van der Waals surface area contributed by atoms with Crippen LogP contribution in [0.15, 0.2) is 24.3 Å². The summed E-state index contributed by atoms with van der Waals surface area (Å²) in [6.07, 6.45) is 1.05. The van der Waals surface area contributed by atoms with E-state index in [-0.39, 0.29) is 11.6 Å². The first-order chi connectivity index (χ1) is 10.0. The lowest BCUT2D eigenvalue weighted by Gasteiger charge is -2.10. The molecule has 4 heteroatoms. The minimum atomic E-state index is -0.378. The number of benzene rings is 1. The van der Waals surface area contributed by atoms with Crippen LogP contribution in [0.2, 0.25) is 0 Å². The zero-order valence-electron chi connectivity index (χ0n) is 13.1. The minimum Gasteiger partial charge on any atom is -0.368 e. The SMILES string of the molecule is CCNc1nc(-c2ccc(CC(C)C)cc2)nc(C)c1F. The lowest BCUT2D eigenvalue weighted by molar-refractivity contribution is 0.606. The number of nitrogens with one attached hydrogen (secondary N) is 1. The number of rotatable bonds is 5. The molecule has 0 saturated heterocycles. The van der Waals surface area contributed by atoms with E-state index in [2.05, 4.69) is 41.3 Å². The lowest BCUT2D eigenvalue weighted by Crippen LogP contribution is -2.06. The smallest absolute Gasteiger partial charge is 0.186 e. The Labute approximate surface area is 125 Å². The van der Waals surface area contributed by atoms with Crippen LogP contribution >= 0.6 is 0 Å². The quantitative estimate of drug-likeness (QED) is 0.894.